The van der Waals surface area contributed by atoms with Crippen LogP contribution in [0, 0.1) is 0 Å². The fourth-order valence-corrected chi connectivity index (χ4v) is 0.941. The summed E-state index contributed by atoms with van der Waals surface area (Å²) in [5, 5.41) is 0. The molecule has 0 aliphatic carbocycles. The minimum Gasteiger partial charge on any atom is -0.346 e. The lowest BCUT2D eigenvalue weighted by atomic mass is 10.1. The summed E-state index contributed by atoms with van der Waals surface area (Å²) in [5.74, 6) is 0.302. The van der Waals surface area contributed by atoms with Crippen LogP contribution in [-0.2, 0) is 4.79 Å². The third-order valence-electron chi connectivity index (χ3n) is 1.56. The molecule has 1 fully saturated rings. The molecular weight excluding hydrogens is 126 g/mol. The first-order chi connectivity index (χ1) is 4.80. The van der Waals surface area contributed by atoms with Crippen LogP contribution in [0.1, 0.15) is 33.1 Å². The summed E-state index contributed by atoms with van der Waals surface area (Å²) in [6, 6.07) is 0. The van der Waals surface area contributed by atoms with Crippen LogP contribution < -0.4 is 0 Å². The molecule has 1 aliphatic heterocycles. The maximum atomic E-state index is 10.7. The van der Waals surface area contributed by atoms with Crippen LogP contribution in [0.2, 0.25) is 0 Å². The number of rotatable bonds is 0. The summed E-state index contributed by atoms with van der Waals surface area (Å²) in [6.07, 6.45) is 3.03. The molecule has 0 radical (unpaired) electrons. The first kappa shape index (κ1) is 9.47. The topological polar surface area (TPSA) is 20.3 Å². The normalized spacial score (nSPS) is 17.9. The zero-order chi connectivity index (χ0) is 7.98. The van der Waals surface area contributed by atoms with Gasteiger partial charge in [0.05, 0.1) is 0 Å². The second-order valence-corrected chi connectivity index (χ2v) is 2.27. The second-order valence-electron chi connectivity index (χ2n) is 2.27. The van der Waals surface area contributed by atoms with E-state index in [1.807, 2.05) is 20.9 Å². The van der Waals surface area contributed by atoms with E-state index in [1.165, 1.54) is 6.42 Å². The van der Waals surface area contributed by atoms with Crippen LogP contribution in [-0.4, -0.2) is 24.4 Å². The Kier molecular flexibility index (Phi) is 4.99. The van der Waals surface area contributed by atoms with E-state index >= 15 is 0 Å². The van der Waals surface area contributed by atoms with Crippen LogP contribution in [0.15, 0.2) is 0 Å². The molecule has 0 spiro atoms. The van der Waals surface area contributed by atoms with E-state index in [2.05, 4.69) is 0 Å². The lowest BCUT2D eigenvalue weighted by Gasteiger charge is -2.21. The van der Waals surface area contributed by atoms with Gasteiger partial charge in [0.1, 0.15) is 0 Å². The molecule has 10 heavy (non-hydrogen) atoms. The SMILES string of the molecule is CC.CN1CCCCC1=O. The highest BCUT2D eigenvalue weighted by molar-refractivity contribution is 5.76. The first-order valence-corrected chi connectivity index (χ1v) is 4.04. The summed E-state index contributed by atoms with van der Waals surface area (Å²) in [5.41, 5.74) is 0. The molecule has 2 heteroatoms. The smallest absolute Gasteiger partial charge is 0.222 e. The van der Waals surface area contributed by atoms with Gasteiger partial charge in [-0.05, 0) is 12.8 Å². The highest BCUT2D eigenvalue weighted by Gasteiger charge is 2.12. The van der Waals surface area contributed by atoms with Crippen molar-refractivity contribution >= 4 is 5.91 Å². The highest BCUT2D eigenvalue weighted by Crippen LogP contribution is 2.06. The van der Waals surface area contributed by atoms with Gasteiger partial charge in [-0.25, -0.2) is 0 Å². The van der Waals surface area contributed by atoms with Gasteiger partial charge in [-0.15, -0.1) is 0 Å². The van der Waals surface area contributed by atoms with E-state index in [0.29, 0.717) is 5.91 Å². The summed E-state index contributed by atoms with van der Waals surface area (Å²) in [7, 11) is 1.86. The standard InChI is InChI=1S/C6H11NO.C2H6/c1-7-5-3-2-4-6(7)8;1-2/h2-5H2,1H3;1-2H3. The Morgan fingerprint density at radius 1 is 1.30 bits per heavy atom. The van der Waals surface area contributed by atoms with Gasteiger partial charge in [-0.1, -0.05) is 13.8 Å². The molecule has 0 unspecified atom stereocenters. The monoisotopic (exact) mass is 143 g/mol. The molecule has 0 aromatic rings. The van der Waals surface area contributed by atoms with Crippen LogP contribution in [0.3, 0.4) is 0 Å². The van der Waals surface area contributed by atoms with Crippen molar-refractivity contribution in [3.63, 3.8) is 0 Å². The van der Waals surface area contributed by atoms with Crippen LogP contribution in [0.5, 0.6) is 0 Å². The number of amides is 1. The van der Waals surface area contributed by atoms with E-state index < -0.39 is 0 Å². The predicted octanol–water partition coefficient (Wildman–Crippen LogP) is 1.65. The van der Waals surface area contributed by atoms with Crippen molar-refractivity contribution in [3.05, 3.63) is 0 Å². The lowest BCUT2D eigenvalue weighted by Crippen LogP contribution is -2.31. The molecule has 0 bridgehead atoms. The lowest BCUT2D eigenvalue weighted by molar-refractivity contribution is -0.131. The zero-order valence-corrected chi connectivity index (χ0v) is 7.18. The van der Waals surface area contributed by atoms with Crippen molar-refractivity contribution in [3.8, 4) is 0 Å². The van der Waals surface area contributed by atoms with Crippen molar-refractivity contribution in [2.45, 2.75) is 33.1 Å². The van der Waals surface area contributed by atoms with E-state index in [0.717, 1.165) is 19.4 Å². The number of carbonyl (C=O) groups excluding carboxylic acids is 1. The van der Waals surface area contributed by atoms with Gasteiger partial charge in [0, 0.05) is 20.0 Å². The van der Waals surface area contributed by atoms with Gasteiger partial charge in [0.25, 0.3) is 0 Å². The summed E-state index contributed by atoms with van der Waals surface area (Å²) < 4.78 is 0. The number of carbonyl (C=O) groups is 1. The van der Waals surface area contributed by atoms with E-state index in [9.17, 15) is 4.79 Å². The molecule has 1 rings (SSSR count). The molecule has 1 aliphatic rings. The Bertz CT molecular complexity index is 101. The summed E-state index contributed by atoms with van der Waals surface area (Å²) in [4.78, 5) is 12.5. The van der Waals surface area contributed by atoms with Gasteiger partial charge in [0.15, 0.2) is 0 Å². The molecule has 0 atom stereocenters. The Hall–Kier alpha value is -0.530. The number of hydrogen-bond acceptors (Lipinski definition) is 1. The first-order valence-electron chi connectivity index (χ1n) is 4.04. The molecule has 0 saturated carbocycles. The Morgan fingerprint density at radius 3 is 2.20 bits per heavy atom. The van der Waals surface area contributed by atoms with Crippen molar-refractivity contribution in [1.29, 1.82) is 0 Å². The maximum Gasteiger partial charge on any atom is 0.222 e. The molecule has 60 valence electrons. The van der Waals surface area contributed by atoms with Crippen LogP contribution >= 0.6 is 0 Å². The molecular formula is C8H17NO. The Labute approximate surface area is 63.2 Å². The summed E-state index contributed by atoms with van der Waals surface area (Å²) in [6.45, 7) is 4.96. The van der Waals surface area contributed by atoms with Gasteiger partial charge in [-0.2, -0.15) is 0 Å². The largest absolute Gasteiger partial charge is 0.346 e. The van der Waals surface area contributed by atoms with Gasteiger partial charge < -0.3 is 4.90 Å². The van der Waals surface area contributed by atoms with Crippen LogP contribution in [0.25, 0.3) is 0 Å². The zero-order valence-electron chi connectivity index (χ0n) is 7.18. The molecule has 1 heterocycles. The third kappa shape index (κ3) is 2.85. The van der Waals surface area contributed by atoms with Gasteiger partial charge in [-0.3, -0.25) is 4.79 Å². The minimum atomic E-state index is 0.302. The van der Waals surface area contributed by atoms with Crippen molar-refractivity contribution in [1.82, 2.24) is 4.90 Å². The molecule has 0 aromatic carbocycles. The molecule has 1 saturated heterocycles. The number of hydrogen-bond donors (Lipinski definition) is 0. The Morgan fingerprint density at radius 2 is 1.90 bits per heavy atom. The second kappa shape index (κ2) is 5.27. The highest BCUT2D eigenvalue weighted by atomic mass is 16.2. The predicted molar refractivity (Wildman–Crippen MR) is 42.8 cm³/mol. The maximum absolute atomic E-state index is 10.7. The third-order valence-corrected chi connectivity index (χ3v) is 1.56. The van der Waals surface area contributed by atoms with Crippen molar-refractivity contribution < 1.29 is 4.79 Å². The van der Waals surface area contributed by atoms with E-state index in [-0.39, 0.29) is 0 Å². The molecule has 2 nitrogen and oxygen atoms in total. The minimum absolute atomic E-state index is 0.302. The number of piperidine rings is 1. The quantitative estimate of drug-likeness (QED) is 0.505. The molecule has 1 amide bonds. The molecule has 0 N–H and O–H groups in total. The van der Waals surface area contributed by atoms with Crippen LogP contribution in [0.4, 0.5) is 0 Å². The number of nitrogens with zero attached hydrogens (tertiary/aromatic N) is 1. The van der Waals surface area contributed by atoms with E-state index in [1.54, 1.807) is 4.90 Å². The average Bonchev–Trinajstić information content (AvgIpc) is 2.00. The molecule has 0 aromatic heterocycles. The van der Waals surface area contributed by atoms with E-state index in [4.69, 9.17) is 0 Å². The fraction of sp³-hybridized carbons (Fsp3) is 0.875. The van der Waals surface area contributed by atoms with Crippen molar-refractivity contribution in [2.24, 2.45) is 0 Å². The average molecular weight is 143 g/mol. The van der Waals surface area contributed by atoms with Gasteiger partial charge >= 0.3 is 0 Å². The fourth-order valence-electron chi connectivity index (χ4n) is 0.941. The Balaban J connectivity index is 0.000000371. The van der Waals surface area contributed by atoms with Crippen molar-refractivity contribution in [2.75, 3.05) is 13.6 Å². The van der Waals surface area contributed by atoms with Gasteiger partial charge in [0.2, 0.25) is 5.91 Å². The summed E-state index contributed by atoms with van der Waals surface area (Å²) >= 11 is 0. The number of likely N-dealkylation sites (tertiary alicyclic amines) is 1.